The van der Waals surface area contributed by atoms with Crippen LogP contribution in [0.4, 0.5) is 0 Å². The minimum Gasteiger partial charge on any atom is -0.468 e. The standard InChI is InChI=1S/C19H31N3O2/c1-15-5-3-7-18(16(15)2)20-19(23)14-22-10-8-21(9-11-22)13-17-6-4-12-24-17/h4,6,12,15-16,18H,3,5,7-11,13-14H2,1-2H3,(H,20,23)/t15-,16-,18-/m1/s1. The van der Waals surface area contributed by atoms with Gasteiger partial charge in [-0.25, -0.2) is 0 Å². The topological polar surface area (TPSA) is 48.7 Å². The molecule has 0 radical (unpaired) electrons. The molecule has 1 saturated carbocycles. The Morgan fingerprint density at radius 2 is 1.96 bits per heavy atom. The van der Waals surface area contributed by atoms with E-state index in [1.807, 2.05) is 12.1 Å². The molecule has 5 nitrogen and oxygen atoms in total. The number of carbonyl (C=O) groups is 1. The average molecular weight is 333 g/mol. The molecule has 2 fully saturated rings. The number of amides is 1. The van der Waals surface area contributed by atoms with Gasteiger partial charge in [0.25, 0.3) is 0 Å². The molecule has 0 spiro atoms. The molecule has 3 atom stereocenters. The average Bonchev–Trinajstić information content (AvgIpc) is 3.07. The molecule has 1 amide bonds. The molecule has 1 aliphatic carbocycles. The van der Waals surface area contributed by atoms with E-state index in [9.17, 15) is 4.79 Å². The van der Waals surface area contributed by atoms with Gasteiger partial charge in [-0.15, -0.1) is 0 Å². The Hall–Kier alpha value is -1.33. The van der Waals surface area contributed by atoms with E-state index in [-0.39, 0.29) is 5.91 Å². The zero-order chi connectivity index (χ0) is 16.9. The third kappa shape index (κ3) is 4.61. The van der Waals surface area contributed by atoms with Gasteiger partial charge in [0.05, 0.1) is 19.4 Å². The van der Waals surface area contributed by atoms with E-state index in [2.05, 4.69) is 29.0 Å². The molecule has 5 heteroatoms. The Kier molecular flexibility index (Phi) is 5.95. The van der Waals surface area contributed by atoms with E-state index in [0.29, 0.717) is 24.4 Å². The van der Waals surface area contributed by atoms with E-state index in [1.54, 1.807) is 6.26 Å². The summed E-state index contributed by atoms with van der Waals surface area (Å²) in [5.74, 6) is 2.52. The van der Waals surface area contributed by atoms with Gasteiger partial charge >= 0.3 is 0 Å². The Labute approximate surface area is 145 Å². The molecular formula is C19H31N3O2. The van der Waals surface area contributed by atoms with Crippen LogP contribution in [0.25, 0.3) is 0 Å². The highest BCUT2D eigenvalue weighted by Crippen LogP contribution is 2.29. The second kappa shape index (κ2) is 8.17. The van der Waals surface area contributed by atoms with Crippen LogP contribution in [0.1, 0.15) is 38.9 Å². The highest BCUT2D eigenvalue weighted by molar-refractivity contribution is 5.78. The van der Waals surface area contributed by atoms with Gasteiger partial charge in [0.2, 0.25) is 5.91 Å². The molecule has 0 unspecified atom stereocenters. The zero-order valence-electron chi connectivity index (χ0n) is 15.0. The van der Waals surface area contributed by atoms with Crippen LogP contribution in [-0.4, -0.2) is 54.5 Å². The Bertz CT molecular complexity index is 509. The van der Waals surface area contributed by atoms with Crippen LogP contribution in [0.3, 0.4) is 0 Å². The molecule has 0 aromatic carbocycles. The molecule has 1 N–H and O–H groups in total. The van der Waals surface area contributed by atoms with Crippen molar-refractivity contribution in [3.05, 3.63) is 24.2 Å². The second-order valence-corrected chi connectivity index (χ2v) is 7.57. The van der Waals surface area contributed by atoms with Crippen LogP contribution in [0.15, 0.2) is 22.8 Å². The lowest BCUT2D eigenvalue weighted by Crippen LogP contribution is -2.51. The Morgan fingerprint density at radius 3 is 2.67 bits per heavy atom. The van der Waals surface area contributed by atoms with Crippen LogP contribution in [0, 0.1) is 11.8 Å². The molecule has 2 heterocycles. The predicted molar refractivity (Wildman–Crippen MR) is 94.5 cm³/mol. The van der Waals surface area contributed by atoms with Crippen molar-refractivity contribution >= 4 is 5.91 Å². The smallest absolute Gasteiger partial charge is 0.234 e. The van der Waals surface area contributed by atoms with E-state index in [0.717, 1.165) is 44.9 Å². The second-order valence-electron chi connectivity index (χ2n) is 7.57. The van der Waals surface area contributed by atoms with Crippen LogP contribution < -0.4 is 5.32 Å². The van der Waals surface area contributed by atoms with Crippen molar-refractivity contribution in [3.63, 3.8) is 0 Å². The number of furan rings is 1. The minimum absolute atomic E-state index is 0.195. The van der Waals surface area contributed by atoms with Gasteiger partial charge < -0.3 is 9.73 Å². The summed E-state index contributed by atoms with van der Waals surface area (Å²) in [7, 11) is 0. The number of rotatable bonds is 5. The van der Waals surface area contributed by atoms with Crippen molar-refractivity contribution in [2.75, 3.05) is 32.7 Å². The van der Waals surface area contributed by atoms with Gasteiger partial charge in [-0.1, -0.05) is 26.7 Å². The normalized spacial score (nSPS) is 29.5. The maximum Gasteiger partial charge on any atom is 0.234 e. The number of piperazine rings is 1. The first-order chi connectivity index (χ1) is 11.6. The predicted octanol–water partition coefficient (Wildman–Crippen LogP) is 2.34. The monoisotopic (exact) mass is 333 g/mol. The van der Waals surface area contributed by atoms with Crippen LogP contribution >= 0.6 is 0 Å². The molecule has 3 rings (SSSR count). The summed E-state index contributed by atoms with van der Waals surface area (Å²) in [6.07, 6.45) is 5.39. The van der Waals surface area contributed by atoms with Crippen molar-refractivity contribution < 1.29 is 9.21 Å². The number of carbonyl (C=O) groups excluding carboxylic acids is 1. The fourth-order valence-corrected chi connectivity index (χ4v) is 3.97. The van der Waals surface area contributed by atoms with Crippen LogP contribution in [-0.2, 0) is 11.3 Å². The van der Waals surface area contributed by atoms with E-state index in [4.69, 9.17) is 4.42 Å². The summed E-state index contributed by atoms with van der Waals surface area (Å²) in [5.41, 5.74) is 0. The molecule has 1 aliphatic heterocycles. The first-order valence-electron chi connectivity index (χ1n) is 9.38. The first-order valence-corrected chi connectivity index (χ1v) is 9.38. The fourth-order valence-electron chi connectivity index (χ4n) is 3.97. The third-order valence-corrected chi connectivity index (χ3v) is 5.84. The van der Waals surface area contributed by atoms with Crippen molar-refractivity contribution in [1.29, 1.82) is 0 Å². The van der Waals surface area contributed by atoms with Gasteiger partial charge in [0, 0.05) is 32.2 Å². The summed E-state index contributed by atoms with van der Waals surface area (Å²) in [6.45, 7) is 9.87. The zero-order valence-corrected chi connectivity index (χ0v) is 15.0. The van der Waals surface area contributed by atoms with Crippen LogP contribution in [0.2, 0.25) is 0 Å². The van der Waals surface area contributed by atoms with E-state index >= 15 is 0 Å². The lowest BCUT2D eigenvalue weighted by atomic mass is 9.78. The molecule has 134 valence electrons. The van der Waals surface area contributed by atoms with Gasteiger partial charge in [-0.3, -0.25) is 14.6 Å². The Morgan fingerprint density at radius 1 is 1.21 bits per heavy atom. The highest BCUT2D eigenvalue weighted by atomic mass is 16.3. The summed E-state index contributed by atoms with van der Waals surface area (Å²) in [5, 5.41) is 3.28. The lowest BCUT2D eigenvalue weighted by molar-refractivity contribution is -0.124. The molecule has 24 heavy (non-hydrogen) atoms. The molecule has 1 saturated heterocycles. The number of nitrogens with one attached hydrogen (secondary N) is 1. The van der Waals surface area contributed by atoms with E-state index < -0.39 is 0 Å². The quantitative estimate of drug-likeness (QED) is 0.898. The van der Waals surface area contributed by atoms with Gasteiger partial charge in [0.1, 0.15) is 5.76 Å². The summed E-state index contributed by atoms with van der Waals surface area (Å²) >= 11 is 0. The largest absolute Gasteiger partial charge is 0.468 e. The molecule has 1 aromatic rings. The van der Waals surface area contributed by atoms with E-state index in [1.165, 1.54) is 12.8 Å². The first kappa shape index (κ1) is 17.5. The molecule has 0 bridgehead atoms. The van der Waals surface area contributed by atoms with Gasteiger partial charge in [-0.05, 0) is 30.4 Å². The third-order valence-electron chi connectivity index (χ3n) is 5.84. The number of hydrogen-bond donors (Lipinski definition) is 1. The molecule has 2 aliphatic rings. The van der Waals surface area contributed by atoms with Crippen molar-refractivity contribution in [2.24, 2.45) is 11.8 Å². The summed E-state index contributed by atoms with van der Waals surface area (Å²) < 4.78 is 5.41. The van der Waals surface area contributed by atoms with Crippen molar-refractivity contribution in [3.8, 4) is 0 Å². The minimum atomic E-state index is 0.195. The fraction of sp³-hybridized carbons (Fsp3) is 0.737. The maximum atomic E-state index is 12.4. The number of hydrogen-bond acceptors (Lipinski definition) is 4. The Balaban J connectivity index is 1.38. The maximum absolute atomic E-state index is 12.4. The van der Waals surface area contributed by atoms with Gasteiger partial charge in [0.15, 0.2) is 0 Å². The van der Waals surface area contributed by atoms with Crippen molar-refractivity contribution in [1.82, 2.24) is 15.1 Å². The summed E-state index contributed by atoms with van der Waals surface area (Å²) in [4.78, 5) is 17.0. The molecular weight excluding hydrogens is 302 g/mol. The van der Waals surface area contributed by atoms with Gasteiger partial charge in [-0.2, -0.15) is 0 Å². The highest BCUT2D eigenvalue weighted by Gasteiger charge is 2.28. The summed E-state index contributed by atoms with van der Waals surface area (Å²) in [6, 6.07) is 4.32. The lowest BCUT2D eigenvalue weighted by Gasteiger charge is -2.36. The number of nitrogens with zero attached hydrogens (tertiary/aromatic N) is 2. The molecule has 1 aromatic heterocycles. The van der Waals surface area contributed by atoms with Crippen molar-refractivity contribution in [2.45, 2.75) is 45.7 Å². The SMILES string of the molecule is C[C@@H]1[C@H](C)CCC[C@H]1NC(=O)CN1CCN(Cc2ccco2)CC1. The van der Waals surface area contributed by atoms with Crippen LogP contribution in [0.5, 0.6) is 0 Å².